The Morgan fingerprint density at radius 3 is 2.41 bits per heavy atom. The molecule has 1 atom stereocenters. The SMILES string of the molecule is COc1cccc(CC(N)C(OC)OC)c1F. The van der Waals surface area contributed by atoms with E-state index in [0.717, 1.165) is 0 Å². The van der Waals surface area contributed by atoms with E-state index in [9.17, 15) is 4.39 Å². The minimum Gasteiger partial charge on any atom is -0.494 e. The van der Waals surface area contributed by atoms with Crippen LogP contribution in [0.25, 0.3) is 0 Å². The Morgan fingerprint density at radius 2 is 1.88 bits per heavy atom. The van der Waals surface area contributed by atoms with Gasteiger partial charge in [-0.25, -0.2) is 4.39 Å². The number of rotatable bonds is 6. The van der Waals surface area contributed by atoms with Gasteiger partial charge in [-0.05, 0) is 18.1 Å². The Labute approximate surface area is 100 Å². The van der Waals surface area contributed by atoms with Crippen LogP contribution in [0.2, 0.25) is 0 Å². The summed E-state index contributed by atoms with van der Waals surface area (Å²) in [6, 6.07) is 4.51. The molecule has 1 rings (SSSR count). The Morgan fingerprint density at radius 1 is 1.24 bits per heavy atom. The summed E-state index contributed by atoms with van der Waals surface area (Å²) in [5.41, 5.74) is 6.36. The zero-order chi connectivity index (χ0) is 12.8. The van der Waals surface area contributed by atoms with Gasteiger partial charge in [-0.2, -0.15) is 0 Å². The maximum absolute atomic E-state index is 13.8. The van der Waals surface area contributed by atoms with E-state index in [-0.39, 0.29) is 5.75 Å². The molecule has 1 unspecified atom stereocenters. The first-order valence-corrected chi connectivity index (χ1v) is 5.26. The molecule has 5 heteroatoms. The van der Waals surface area contributed by atoms with Crippen molar-refractivity contribution in [3.05, 3.63) is 29.6 Å². The number of benzene rings is 1. The van der Waals surface area contributed by atoms with Crippen molar-refractivity contribution < 1.29 is 18.6 Å². The molecule has 0 aliphatic rings. The molecule has 17 heavy (non-hydrogen) atoms. The third-order valence-electron chi connectivity index (χ3n) is 2.53. The first kappa shape index (κ1) is 13.9. The molecular weight excluding hydrogens is 225 g/mol. The van der Waals surface area contributed by atoms with Crippen molar-refractivity contribution in [2.75, 3.05) is 21.3 Å². The zero-order valence-corrected chi connectivity index (χ0v) is 10.3. The van der Waals surface area contributed by atoms with Gasteiger partial charge in [0, 0.05) is 14.2 Å². The fourth-order valence-electron chi connectivity index (χ4n) is 1.67. The summed E-state index contributed by atoms with van der Waals surface area (Å²) < 4.78 is 28.8. The van der Waals surface area contributed by atoms with Crippen molar-refractivity contribution in [3.63, 3.8) is 0 Å². The van der Waals surface area contributed by atoms with Crippen LogP contribution in [-0.2, 0) is 15.9 Å². The second-order valence-corrected chi connectivity index (χ2v) is 3.64. The van der Waals surface area contributed by atoms with Gasteiger partial charge >= 0.3 is 0 Å². The first-order valence-electron chi connectivity index (χ1n) is 5.26. The maximum atomic E-state index is 13.8. The molecule has 4 nitrogen and oxygen atoms in total. The van der Waals surface area contributed by atoms with Crippen molar-refractivity contribution in [3.8, 4) is 5.75 Å². The summed E-state index contributed by atoms with van der Waals surface area (Å²) in [6.45, 7) is 0. The van der Waals surface area contributed by atoms with Crippen LogP contribution in [0.3, 0.4) is 0 Å². The van der Waals surface area contributed by atoms with Crippen LogP contribution in [-0.4, -0.2) is 33.7 Å². The van der Waals surface area contributed by atoms with Gasteiger partial charge in [-0.15, -0.1) is 0 Å². The van der Waals surface area contributed by atoms with E-state index in [1.54, 1.807) is 18.2 Å². The average Bonchev–Trinajstić information content (AvgIpc) is 2.33. The molecule has 0 amide bonds. The number of nitrogens with two attached hydrogens (primary N) is 1. The van der Waals surface area contributed by atoms with E-state index in [1.807, 2.05) is 0 Å². The van der Waals surface area contributed by atoms with Gasteiger partial charge in [0.05, 0.1) is 13.2 Å². The molecule has 0 saturated heterocycles. The van der Waals surface area contributed by atoms with Crippen LogP contribution in [0.15, 0.2) is 18.2 Å². The number of hydrogen-bond acceptors (Lipinski definition) is 4. The fourth-order valence-corrected chi connectivity index (χ4v) is 1.67. The average molecular weight is 243 g/mol. The normalized spacial score (nSPS) is 12.8. The summed E-state index contributed by atoms with van der Waals surface area (Å²) >= 11 is 0. The molecule has 0 bridgehead atoms. The fraction of sp³-hybridized carbons (Fsp3) is 0.500. The van der Waals surface area contributed by atoms with Crippen LogP contribution in [0.1, 0.15) is 5.56 Å². The minimum absolute atomic E-state index is 0.209. The van der Waals surface area contributed by atoms with Gasteiger partial charge < -0.3 is 19.9 Å². The molecule has 0 radical (unpaired) electrons. The number of methoxy groups -OCH3 is 3. The predicted molar refractivity (Wildman–Crippen MR) is 62.4 cm³/mol. The van der Waals surface area contributed by atoms with Gasteiger partial charge in [0.2, 0.25) is 0 Å². The van der Waals surface area contributed by atoms with Gasteiger partial charge in [0.1, 0.15) is 0 Å². The molecule has 0 aromatic heterocycles. The molecule has 96 valence electrons. The van der Waals surface area contributed by atoms with Crippen molar-refractivity contribution in [1.29, 1.82) is 0 Å². The highest BCUT2D eigenvalue weighted by atomic mass is 19.1. The van der Waals surface area contributed by atoms with Gasteiger partial charge in [-0.1, -0.05) is 12.1 Å². The molecule has 1 aromatic rings. The lowest BCUT2D eigenvalue weighted by Gasteiger charge is -2.21. The van der Waals surface area contributed by atoms with Gasteiger partial charge in [0.15, 0.2) is 17.9 Å². The maximum Gasteiger partial charge on any atom is 0.172 e. The zero-order valence-electron chi connectivity index (χ0n) is 10.3. The highest BCUT2D eigenvalue weighted by molar-refractivity contribution is 5.31. The van der Waals surface area contributed by atoms with E-state index >= 15 is 0 Å². The highest BCUT2D eigenvalue weighted by Gasteiger charge is 2.19. The lowest BCUT2D eigenvalue weighted by molar-refractivity contribution is -0.116. The van der Waals surface area contributed by atoms with Crippen molar-refractivity contribution >= 4 is 0 Å². The Balaban J connectivity index is 2.81. The molecule has 0 aliphatic heterocycles. The van der Waals surface area contributed by atoms with Crippen LogP contribution < -0.4 is 10.5 Å². The van der Waals surface area contributed by atoms with E-state index in [0.29, 0.717) is 12.0 Å². The topological polar surface area (TPSA) is 53.7 Å². The molecule has 0 heterocycles. The van der Waals surface area contributed by atoms with Crippen LogP contribution >= 0.6 is 0 Å². The summed E-state index contributed by atoms with van der Waals surface area (Å²) in [7, 11) is 4.42. The van der Waals surface area contributed by atoms with Crippen molar-refractivity contribution in [2.24, 2.45) is 5.73 Å². The van der Waals surface area contributed by atoms with Crippen LogP contribution in [0.5, 0.6) is 5.75 Å². The quantitative estimate of drug-likeness (QED) is 0.766. The lowest BCUT2D eigenvalue weighted by Crippen LogP contribution is -2.39. The third kappa shape index (κ3) is 3.39. The largest absolute Gasteiger partial charge is 0.494 e. The summed E-state index contributed by atoms with van der Waals surface area (Å²) in [4.78, 5) is 0. The third-order valence-corrected chi connectivity index (χ3v) is 2.53. The molecular formula is C12H18FNO3. The summed E-state index contributed by atoms with van der Waals surface area (Å²) in [5.74, 6) is -0.183. The Bertz CT molecular complexity index is 356. The number of halogens is 1. The van der Waals surface area contributed by atoms with E-state index in [2.05, 4.69) is 0 Å². The molecule has 2 N–H and O–H groups in total. The molecule has 1 aromatic carbocycles. The molecule has 0 saturated carbocycles. The van der Waals surface area contributed by atoms with Gasteiger partial charge in [-0.3, -0.25) is 0 Å². The Hall–Kier alpha value is -1.17. The van der Waals surface area contributed by atoms with E-state index in [1.165, 1.54) is 21.3 Å². The lowest BCUT2D eigenvalue weighted by atomic mass is 10.1. The standard InChI is InChI=1S/C12H18FNO3/c1-15-10-6-4-5-8(11(10)13)7-9(14)12(16-2)17-3/h4-6,9,12H,7,14H2,1-3H3. The molecule has 0 fully saturated rings. The number of ether oxygens (including phenoxy) is 3. The van der Waals surface area contributed by atoms with Crippen molar-refractivity contribution in [1.82, 2.24) is 0 Å². The smallest absolute Gasteiger partial charge is 0.172 e. The molecule has 0 aliphatic carbocycles. The van der Waals surface area contributed by atoms with Crippen LogP contribution in [0.4, 0.5) is 4.39 Å². The monoisotopic (exact) mass is 243 g/mol. The first-order chi connectivity index (χ1) is 8.13. The highest BCUT2D eigenvalue weighted by Crippen LogP contribution is 2.21. The van der Waals surface area contributed by atoms with Gasteiger partial charge in [0.25, 0.3) is 0 Å². The van der Waals surface area contributed by atoms with E-state index < -0.39 is 18.1 Å². The van der Waals surface area contributed by atoms with E-state index in [4.69, 9.17) is 19.9 Å². The van der Waals surface area contributed by atoms with Crippen LogP contribution in [0, 0.1) is 5.82 Å². The second-order valence-electron chi connectivity index (χ2n) is 3.64. The second kappa shape index (κ2) is 6.54. The number of hydrogen-bond donors (Lipinski definition) is 1. The molecule has 0 spiro atoms. The Kier molecular flexibility index (Phi) is 5.34. The predicted octanol–water partition coefficient (Wildman–Crippen LogP) is 1.32. The summed E-state index contributed by atoms with van der Waals surface area (Å²) in [5, 5.41) is 0. The minimum atomic E-state index is -0.555. The van der Waals surface area contributed by atoms with Crippen molar-refractivity contribution in [2.45, 2.75) is 18.8 Å². The summed E-state index contributed by atoms with van der Waals surface area (Å²) in [6.07, 6.45) is -0.240.